The second-order valence-corrected chi connectivity index (χ2v) is 7.76. The van der Waals surface area contributed by atoms with Gasteiger partial charge in [-0.2, -0.15) is 5.10 Å². The molecule has 1 aliphatic rings. The summed E-state index contributed by atoms with van der Waals surface area (Å²) in [7, 11) is 0. The van der Waals surface area contributed by atoms with Crippen molar-refractivity contribution in [3.63, 3.8) is 0 Å². The lowest BCUT2D eigenvalue weighted by molar-refractivity contribution is -0.131. The Morgan fingerprint density at radius 2 is 1.79 bits per heavy atom. The third kappa shape index (κ3) is 4.66. The van der Waals surface area contributed by atoms with E-state index in [1.165, 1.54) is 11.8 Å². The van der Waals surface area contributed by atoms with Gasteiger partial charge in [0.2, 0.25) is 11.3 Å². The van der Waals surface area contributed by atoms with Gasteiger partial charge in [0, 0.05) is 43.1 Å². The van der Waals surface area contributed by atoms with Crippen molar-refractivity contribution in [3.8, 4) is 0 Å². The summed E-state index contributed by atoms with van der Waals surface area (Å²) in [5, 5.41) is 5.50. The predicted molar refractivity (Wildman–Crippen MR) is 114 cm³/mol. The lowest BCUT2D eigenvalue weighted by atomic mass is 10.2. The maximum Gasteiger partial charge on any atom is 0.244 e. The first-order chi connectivity index (χ1) is 14.1. The van der Waals surface area contributed by atoms with Gasteiger partial charge in [0.15, 0.2) is 0 Å². The van der Waals surface area contributed by atoms with E-state index in [4.69, 9.17) is 11.6 Å². The molecule has 1 aliphatic heterocycles. The lowest BCUT2D eigenvalue weighted by Gasteiger charge is -2.22. The van der Waals surface area contributed by atoms with Gasteiger partial charge in [0.05, 0.1) is 11.7 Å². The first-order valence-electron chi connectivity index (χ1n) is 9.79. The number of hydrogen-bond donors (Lipinski definition) is 0. The van der Waals surface area contributed by atoms with Crippen LogP contribution in [0.3, 0.4) is 0 Å². The van der Waals surface area contributed by atoms with E-state index in [0.29, 0.717) is 17.4 Å². The van der Waals surface area contributed by atoms with Crippen molar-refractivity contribution in [2.45, 2.75) is 19.5 Å². The average molecular weight is 411 g/mol. The third-order valence-corrected chi connectivity index (χ3v) is 5.56. The number of carbonyl (C=O) groups excluding carboxylic acids is 1. The highest BCUT2D eigenvalue weighted by Crippen LogP contribution is 2.14. The molecule has 2 aromatic carbocycles. The van der Waals surface area contributed by atoms with Crippen LogP contribution >= 0.6 is 11.6 Å². The van der Waals surface area contributed by atoms with Crippen molar-refractivity contribution in [3.05, 3.63) is 75.5 Å². The zero-order chi connectivity index (χ0) is 20.2. The minimum atomic E-state index is -0.128. The van der Waals surface area contributed by atoms with Gasteiger partial charge in [-0.05, 0) is 36.2 Å². The van der Waals surface area contributed by atoms with Gasteiger partial charge in [-0.25, -0.2) is 0 Å². The highest BCUT2D eigenvalue weighted by atomic mass is 35.5. The van der Waals surface area contributed by atoms with Gasteiger partial charge >= 0.3 is 0 Å². The molecular weight excluding hydrogens is 388 g/mol. The Bertz CT molecular complexity index is 1060. The second-order valence-electron chi connectivity index (χ2n) is 7.32. The van der Waals surface area contributed by atoms with Gasteiger partial charge in [0.25, 0.3) is 0 Å². The topological polar surface area (TPSA) is 58.4 Å². The molecule has 0 unspecified atom stereocenters. The minimum absolute atomic E-state index is 0.0274. The lowest BCUT2D eigenvalue weighted by Crippen LogP contribution is -2.37. The summed E-state index contributed by atoms with van der Waals surface area (Å²) in [5.74, 6) is 0.0274. The number of hydrogen-bond acceptors (Lipinski definition) is 4. The van der Waals surface area contributed by atoms with Crippen LogP contribution in [0.2, 0.25) is 5.02 Å². The van der Waals surface area contributed by atoms with Crippen LogP contribution in [0, 0.1) is 0 Å². The number of para-hydroxylation sites is 1. The Kier molecular flexibility index (Phi) is 5.92. The highest BCUT2D eigenvalue weighted by molar-refractivity contribution is 6.30. The van der Waals surface area contributed by atoms with Crippen molar-refractivity contribution in [1.82, 2.24) is 19.6 Å². The van der Waals surface area contributed by atoms with Crippen LogP contribution < -0.4 is 5.43 Å². The average Bonchev–Trinajstić information content (AvgIpc) is 2.98. The molecule has 6 nitrogen and oxygen atoms in total. The van der Waals surface area contributed by atoms with Crippen LogP contribution in [0.4, 0.5) is 0 Å². The summed E-state index contributed by atoms with van der Waals surface area (Å²) in [5.41, 5.74) is 1.78. The number of halogens is 1. The molecule has 4 rings (SSSR count). The molecule has 2 heterocycles. The van der Waals surface area contributed by atoms with Crippen molar-refractivity contribution >= 4 is 28.4 Å². The predicted octanol–water partition coefficient (Wildman–Crippen LogP) is 2.78. The van der Waals surface area contributed by atoms with Gasteiger partial charge in [-0.15, -0.1) is 0 Å². The normalized spacial score (nSPS) is 15.4. The van der Waals surface area contributed by atoms with E-state index < -0.39 is 0 Å². The molecule has 0 radical (unpaired) electrons. The number of rotatable bonds is 4. The Balaban J connectivity index is 1.41. The standard InChI is InChI=1S/C22H23ClN4O2/c23-18-8-6-17(7-9-18)15-25-10-3-11-26(13-12-25)22(29)16-27-20-5-2-1-4-19(20)21(28)14-24-27/h1-2,4-9,14H,3,10-13,15-16H2. The number of carbonyl (C=O) groups is 1. The number of amides is 1. The van der Waals surface area contributed by atoms with Crippen molar-refractivity contribution in [2.75, 3.05) is 26.2 Å². The van der Waals surface area contributed by atoms with Gasteiger partial charge in [0.1, 0.15) is 6.54 Å². The Morgan fingerprint density at radius 1 is 1.00 bits per heavy atom. The monoisotopic (exact) mass is 410 g/mol. The summed E-state index contributed by atoms with van der Waals surface area (Å²) in [6, 6.07) is 15.2. The van der Waals surface area contributed by atoms with E-state index in [0.717, 1.165) is 37.6 Å². The molecule has 7 heteroatoms. The molecule has 0 saturated carbocycles. The van der Waals surface area contributed by atoms with E-state index in [9.17, 15) is 9.59 Å². The fourth-order valence-electron chi connectivity index (χ4n) is 3.74. The first-order valence-corrected chi connectivity index (χ1v) is 10.2. The molecule has 1 amide bonds. The maximum absolute atomic E-state index is 12.9. The van der Waals surface area contributed by atoms with Crippen LogP contribution in [-0.4, -0.2) is 51.7 Å². The Hall–Kier alpha value is -2.70. The molecule has 0 aliphatic carbocycles. The van der Waals surface area contributed by atoms with E-state index >= 15 is 0 Å². The smallest absolute Gasteiger partial charge is 0.244 e. The Labute approximate surface area is 174 Å². The zero-order valence-corrected chi connectivity index (χ0v) is 16.9. The fourth-order valence-corrected chi connectivity index (χ4v) is 3.87. The van der Waals surface area contributed by atoms with E-state index in [1.807, 2.05) is 47.4 Å². The number of aromatic nitrogens is 2. The molecule has 0 N–H and O–H groups in total. The third-order valence-electron chi connectivity index (χ3n) is 5.31. The van der Waals surface area contributed by atoms with E-state index in [1.54, 1.807) is 10.7 Å². The quantitative estimate of drug-likeness (QED) is 0.663. The minimum Gasteiger partial charge on any atom is -0.340 e. The van der Waals surface area contributed by atoms with Crippen LogP contribution in [0.15, 0.2) is 59.5 Å². The van der Waals surface area contributed by atoms with Gasteiger partial charge in [-0.1, -0.05) is 35.9 Å². The highest BCUT2D eigenvalue weighted by Gasteiger charge is 2.20. The molecule has 1 aromatic heterocycles. The second kappa shape index (κ2) is 8.76. The SMILES string of the molecule is O=C(Cn1ncc(=O)c2ccccc21)N1CCCN(Cc2ccc(Cl)cc2)CC1. The zero-order valence-electron chi connectivity index (χ0n) is 16.1. The molecule has 150 valence electrons. The Morgan fingerprint density at radius 3 is 2.62 bits per heavy atom. The van der Waals surface area contributed by atoms with Gasteiger partial charge in [-0.3, -0.25) is 19.2 Å². The first kappa shape index (κ1) is 19.6. The summed E-state index contributed by atoms with van der Waals surface area (Å²) >= 11 is 5.96. The molecule has 29 heavy (non-hydrogen) atoms. The van der Waals surface area contributed by atoms with Crippen molar-refractivity contribution < 1.29 is 4.79 Å². The number of fused-ring (bicyclic) bond motifs is 1. The van der Waals surface area contributed by atoms with Crippen LogP contribution in [0.5, 0.6) is 0 Å². The molecule has 0 spiro atoms. The van der Waals surface area contributed by atoms with E-state index in [2.05, 4.69) is 10.00 Å². The van der Waals surface area contributed by atoms with Crippen molar-refractivity contribution in [2.24, 2.45) is 0 Å². The van der Waals surface area contributed by atoms with Crippen LogP contribution in [-0.2, 0) is 17.9 Å². The molecular formula is C22H23ClN4O2. The number of benzene rings is 2. The summed E-state index contributed by atoms with van der Waals surface area (Å²) in [6.45, 7) is 4.18. The van der Waals surface area contributed by atoms with Crippen molar-refractivity contribution in [1.29, 1.82) is 0 Å². The largest absolute Gasteiger partial charge is 0.340 e. The maximum atomic E-state index is 12.9. The molecule has 0 atom stereocenters. The number of nitrogens with zero attached hydrogens (tertiary/aromatic N) is 4. The van der Waals surface area contributed by atoms with Crippen LogP contribution in [0.25, 0.3) is 10.9 Å². The van der Waals surface area contributed by atoms with Crippen LogP contribution in [0.1, 0.15) is 12.0 Å². The molecule has 1 saturated heterocycles. The summed E-state index contributed by atoms with van der Waals surface area (Å²) < 4.78 is 1.62. The fraction of sp³-hybridized carbons (Fsp3) is 0.318. The summed E-state index contributed by atoms with van der Waals surface area (Å²) in [6.07, 6.45) is 2.21. The van der Waals surface area contributed by atoms with E-state index in [-0.39, 0.29) is 17.9 Å². The van der Waals surface area contributed by atoms with Gasteiger partial charge < -0.3 is 4.90 Å². The molecule has 0 bridgehead atoms. The summed E-state index contributed by atoms with van der Waals surface area (Å²) in [4.78, 5) is 29.2. The molecule has 3 aromatic rings. The molecule has 1 fully saturated rings.